The first-order valence-corrected chi connectivity index (χ1v) is 3.49. The molecule has 0 aromatic heterocycles. The van der Waals surface area contributed by atoms with E-state index in [1.807, 2.05) is 13.8 Å². The SMILES string of the molecule is CC1CC(O)C(C)C1O. The van der Waals surface area contributed by atoms with Gasteiger partial charge in [-0.25, -0.2) is 0 Å². The lowest BCUT2D eigenvalue weighted by Gasteiger charge is -2.12. The van der Waals surface area contributed by atoms with E-state index in [1.165, 1.54) is 0 Å². The maximum atomic E-state index is 9.28. The Morgan fingerprint density at radius 2 is 1.78 bits per heavy atom. The Bertz CT molecular complexity index is 91.1. The van der Waals surface area contributed by atoms with Crippen LogP contribution in [0.3, 0.4) is 0 Å². The smallest absolute Gasteiger partial charge is 0.0616 e. The van der Waals surface area contributed by atoms with Gasteiger partial charge in [-0.05, 0) is 12.3 Å². The monoisotopic (exact) mass is 130 g/mol. The Morgan fingerprint density at radius 3 is 1.89 bits per heavy atom. The van der Waals surface area contributed by atoms with E-state index in [9.17, 15) is 10.2 Å². The van der Waals surface area contributed by atoms with Gasteiger partial charge in [-0.15, -0.1) is 0 Å². The third kappa shape index (κ3) is 1.10. The average molecular weight is 130 g/mol. The number of hydrogen-bond acceptors (Lipinski definition) is 2. The van der Waals surface area contributed by atoms with Crippen LogP contribution in [0.2, 0.25) is 0 Å². The molecular formula is C7H14O2. The minimum atomic E-state index is -0.292. The van der Waals surface area contributed by atoms with Gasteiger partial charge in [0.15, 0.2) is 0 Å². The van der Waals surface area contributed by atoms with Crippen LogP contribution in [0.1, 0.15) is 20.3 Å². The van der Waals surface area contributed by atoms with E-state index in [-0.39, 0.29) is 24.0 Å². The van der Waals surface area contributed by atoms with Crippen molar-refractivity contribution in [3.8, 4) is 0 Å². The summed E-state index contributed by atoms with van der Waals surface area (Å²) < 4.78 is 0. The van der Waals surface area contributed by atoms with Gasteiger partial charge in [0.05, 0.1) is 12.2 Å². The van der Waals surface area contributed by atoms with Crippen LogP contribution in [-0.2, 0) is 0 Å². The van der Waals surface area contributed by atoms with Crippen LogP contribution in [0.25, 0.3) is 0 Å². The third-order valence-corrected chi connectivity index (χ3v) is 2.34. The highest BCUT2D eigenvalue weighted by molar-refractivity contribution is 4.85. The van der Waals surface area contributed by atoms with Crippen molar-refractivity contribution in [3.05, 3.63) is 0 Å². The van der Waals surface area contributed by atoms with Crippen molar-refractivity contribution >= 4 is 0 Å². The van der Waals surface area contributed by atoms with Crippen molar-refractivity contribution < 1.29 is 10.2 Å². The van der Waals surface area contributed by atoms with Gasteiger partial charge in [0.2, 0.25) is 0 Å². The Kier molecular flexibility index (Phi) is 1.78. The topological polar surface area (TPSA) is 40.5 Å². The van der Waals surface area contributed by atoms with E-state index in [4.69, 9.17) is 0 Å². The van der Waals surface area contributed by atoms with E-state index in [0.29, 0.717) is 0 Å². The number of rotatable bonds is 0. The van der Waals surface area contributed by atoms with Crippen LogP contribution in [0, 0.1) is 11.8 Å². The lowest BCUT2D eigenvalue weighted by atomic mass is 10.0. The van der Waals surface area contributed by atoms with Gasteiger partial charge >= 0.3 is 0 Å². The van der Waals surface area contributed by atoms with Crippen LogP contribution < -0.4 is 0 Å². The molecule has 0 aromatic carbocycles. The van der Waals surface area contributed by atoms with Gasteiger partial charge < -0.3 is 10.2 Å². The molecule has 0 radical (unpaired) electrons. The predicted octanol–water partition coefficient (Wildman–Crippen LogP) is 0.384. The van der Waals surface area contributed by atoms with Crippen molar-refractivity contribution in [1.29, 1.82) is 0 Å². The molecule has 0 heterocycles. The van der Waals surface area contributed by atoms with Crippen molar-refractivity contribution in [3.63, 3.8) is 0 Å². The molecule has 0 bridgehead atoms. The molecule has 1 saturated carbocycles. The van der Waals surface area contributed by atoms with Crippen LogP contribution in [0.4, 0.5) is 0 Å². The lowest BCUT2D eigenvalue weighted by molar-refractivity contribution is 0.0663. The Hall–Kier alpha value is -0.0800. The Labute approximate surface area is 55.5 Å². The molecule has 1 fully saturated rings. The number of hydrogen-bond donors (Lipinski definition) is 2. The summed E-state index contributed by atoms with van der Waals surface area (Å²) in [5, 5.41) is 18.5. The maximum Gasteiger partial charge on any atom is 0.0616 e. The first kappa shape index (κ1) is 7.03. The highest BCUT2D eigenvalue weighted by Crippen LogP contribution is 2.30. The van der Waals surface area contributed by atoms with Crippen molar-refractivity contribution in [2.45, 2.75) is 32.5 Å². The standard InChI is InChI=1S/C7H14O2/c1-4-3-6(8)5(2)7(4)9/h4-9H,3H2,1-2H3. The highest BCUT2D eigenvalue weighted by Gasteiger charge is 2.35. The second-order valence-corrected chi connectivity index (χ2v) is 3.13. The number of aliphatic hydroxyl groups excluding tert-OH is 2. The third-order valence-electron chi connectivity index (χ3n) is 2.34. The molecule has 0 saturated heterocycles. The lowest BCUT2D eigenvalue weighted by Crippen LogP contribution is -2.20. The molecule has 0 amide bonds. The van der Waals surface area contributed by atoms with Crippen LogP contribution >= 0.6 is 0 Å². The van der Waals surface area contributed by atoms with Crippen molar-refractivity contribution in [2.24, 2.45) is 11.8 Å². The first-order chi connectivity index (χ1) is 4.13. The van der Waals surface area contributed by atoms with Gasteiger partial charge in [0.25, 0.3) is 0 Å². The molecule has 1 aliphatic rings. The second kappa shape index (κ2) is 2.27. The molecule has 0 aliphatic heterocycles. The molecule has 2 nitrogen and oxygen atoms in total. The summed E-state index contributed by atoms with van der Waals surface area (Å²) in [4.78, 5) is 0. The summed E-state index contributed by atoms with van der Waals surface area (Å²) >= 11 is 0. The summed E-state index contributed by atoms with van der Waals surface area (Å²) in [5.74, 6) is 0.343. The summed E-state index contributed by atoms with van der Waals surface area (Å²) in [5.41, 5.74) is 0. The van der Waals surface area contributed by atoms with E-state index in [1.54, 1.807) is 0 Å². The predicted molar refractivity (Wildman–Crippen MR) is 35.0 cm³/mol. The minimum absolute atomic E-state index is 0.0694. The van der Waals surface area contributed by atoms with E-state index in [2.05, 4.69) is 0 Å². The molecular weight excluding hydrogens is 116 g/mol. The van der Waals surface area contributed by atoms with Crippen LogP contribution in [0.15, 0.2) is 0 Å². The molecule has 4 atom stereocenters. The van der Waals surface area contributed by atoms with Gasteiger partial charge in [-0.2, -0.15) is 0 Å². The fraction of sp³-hybridized carbons (Fsp3) is 1.00. The Balaban J connectivity index is 2.54. The molecule has 54 valence electrons. The largest absolute Gasteiger partial charge is 0.393 e. The molecule has 1 aliphatic carbocycles. The average Bonchev–Trinajstić information content (AvgIpc) is 1.98. The molecule has 0 spiro atoms. The van der Waals surface area contributed by atoms with Gasteiger partial charge in [0.1, 0.15) is 0 Å². The molecule has 2 N–H and O–H groups in total. The zero-order chi connectivity index (χ0) is 7.02. The van der Waals surface area contributed by atoms with E-state index >= 15 is 0 Å². The van der Waals surface area contributed by atoms with Crippen molar-refractivity contribution in [1.82, 2.24) is 0 Å². The summed E-state index contributed by atoms with van der Waals surface area (Å²) in [6.07, 6.45) is 0.178. The molecule has 4 unspecified atom stereocenters. The molecule has 9 heavy (non-hydrogen) atoms. The Morgan fingerprint density at radius 1 is 1.22 bits per heavy atom. The van der Waals surface area contributed by atoms with Gasteiger partial charge in [0, 0.05) is 5.92 Å². The van der Waals surface area contributed by atoms with E-state index < -0.39 is 0 Å². The normalized spacial score (nSPS) is 52.0. The van der Waals surface area contributed by atoms with Crippen LogP contribution in [-0.4, -0.2) is 22.4 Å². The van der Waals surface area contributed by atoms with Crippen LogP contribution in [0.5, 0.6) is 0 Å². The second-order valence-electron chi connectivity index (χ2n) is 3.13. The molecule has 1 rings (SSSR count). The minimum Gasteiger partial charge on any atom is -0.393 e. The van der Waals surface area contributed by atoms with Gasteiger partial charge in [-0.3, -0.25) is 0 Å². The fourth-order valence-electron chi connectivity index (χ4n) is 1.48. The summed E-state index contributed by atoms with van der Waals surface area (Å²) in [6, 6.07) is 0. The number of aliphatic hydroxyl groups is 2. The summed E-state index contributed by atoms with van der Waals surface area (Å²) in [7, 11) is 0. The fourth-order valence-corrected chi connectivity index (χ4v) is 1.48. The zero-order valence-electron chi connectivity index (χ0n) is 5.91. The molecule has 0 aromatic rings. The first-order valence-electron chi connectivity index (χ1n) is 3.49. The van der Waals surface area contributed by atoms with E-state index in [0.717, 1.165) is 6.42 Å². The zero-order valence-corrected chi connectivity index (χ0v) is 5.91. The van der Waals surface area contributed by atoms with Gasteiger partial charge in [-0.1, -0.05) is 13.8 Å². The quantitative estimate of drug-likeness (QED) is 0.498. The maximum absolute atomic E-state index is 9.28. The van der Waals surface area contributed by atoms with Crippen molar-refractivity contribution in [2.75, 3.05) is 0 Å². The summed E-state index contributed by atoms with van der Waals surface area (Å²) in [6.45, 7) is 3.86. The highest BCUT2D eigenvalue weighted by atomic mass is 16.3. The molecule has 2 heteroatoms.